The SMILES string of the molecule is COc1ccc(C)cc1C(=O)C(C(=O)/C=C\c1ccccc1)=P(c1ccccc1)(c1ccccc1)c1ccccc1. The number of carbonyl (C=O) groups excluding carboxylic acids is 2. The summed E-state index contributed by atoms with van der Waals surface area (Å²) in [6, 6.07) is 45.0. The maximum atomic E-state index is 15.0. The molecule has 0 aromatic heterocycles. The molecule has 0 saturated heterocycles. The van der Waals surface area contributed by atoms with E-state index in [0.717, 1.165) is 27.0 Å². The van der Waals surface area contributed by atoms with Crippen LogP contribution < -0.4 is 20.7 Å². The van der Waals surface area contributed by atoms with Gasteiger partial charge < -0.3 is 4.74 Å². The molecule has 202 valence electrons. The van der Waals surface area contributed by atoms with Gasteiger partial charge in [0.1, 0.15) is 5.75 Å². The third-order valence-electron chi connectivity index (χ3n) is 7.04. The first kappa shape index (κ1) is 27.8. The van der Waals surface area contributed by atoms with Crippen LogP contribution >= 0.6 is 6.89 Å². The number of hydrogen-bond donors (Lipinski definition) is 0. The van der Waals surface area contributed by atoms with Gasteiger partial charge in [0.2, 0.25) is 5.78 Å². The summed E-state index contributed by atoms with van der Waals surface area (Å²) in [5.41, 5.74) is 2.16. The van der Waals surface area contributed by atoms with Crippen LogP contribution in [0.1, 0.15) is 21.5 Å². The van der Waals surface area contributed by atoms with Gasteiger partial charge in [0, 0.05) is 0 Å². The molecule has 0 radical (unpaired) electrons. The Morgan fingerprint density at radius 1 is 0.634 bits per heavy atom. The van der Waals surface area contributed by atoms with Crippen molar-refractivity contribution in [2.24, 2.45) is 0 Å². The lowest BCUT2D eigenvalue weighted by atomic mass is 10.0. The van der Waals surface area contributed by atoms with E-state index in [2.05, 4.69) is 0 Å². The fourth-order valence-corrected chi connectivity index (χ4v) is 9.52. The number of ketones is 2. The van der Waals surface area contributed by atoms with Crippen LogP contribution in [0, 0.1) is 6.92 Å². The summed E-state index contributed by atoms with van der Waals surface area (Å²) in [7, 11) is 1.55. The molecule has 0 fully saturated rings. The number of ether oxygens (including phenoxy) is 1. The average Bonchev–Trinajstić information content (AvgIpc) is 3.04. The Balaban J connectivity index is 1.97. The second-order valence-electron chi connectivity index (χ2n) is 9.67. The Morgan fingerprint density at radius 3 is 1.56 bits per heavy atom. The molecule has 4 heteroatoms. The van der Waals surface area contributed by atoms with Crippen molar-refractivity contribution < 1.29 is 14.3 Å². The van der Waals surface area contributed by atoms with Crippen molar-refractivity contribution in [2.45, 2.75) is 6.92 Å². The molecule has 5 rings (SSSR count). The van der Waals surface area contributed by atoms with Crippen molar-refractivity contribution in [2.75, 3.05) is 7.11 Å². The van der Waals surface area contributed by atoms with Crippen LogP contribution in [0.3, 0.4) is 0 Å². The minimum atomic E-state index is -3.00. The highest BCUT2D eigenvalue weighted by Crippen LogP contribution is 2.47. The molecular formula is C37H31O3P. The van der Waals surface area contributed by atoms with E-state index in [9.17, 15) is 9.59 Å². The van der Waals surface area contributed by atoms with Crippen LogP contribution in [-0.2, 0) is 4.79 Å². The molecule has 0 amide bonds. The van der Waals surface area contributed by atoms with Gasteiger partial charge in [0.25, 0.3) is 0 Å². The molecule has 0 N–H and O–H groups in total. The largest absolute Gasteiger partial charge is 0.496 e. The zero-order chi connectivity index (χ0) is 28.7. The van der Waals surface area contributed by atoms with Gasteiger partial charge in [-0.25, -0.2) is 0 Å². The molecular weight excluding hydrogens is 523 g/mol. The van der Waals surface area contributed by atoms with E-state index < -0.39 is 6.89 Å². The molecule has 3 nitrogen and oxygen atoms in total. The van der Waals surface area contributed by atoms with E-state index in [1.54, 1.807) is 19.3 Å². The minimum absolute atomic E-state index is 0.234. The number of methoxy groups -OCH3 is 1. The summed E-state index contributed by atoms with van der Waals surface area (Å²) < 4.78 is 5.66. The standard InChI is InChI=1S/C37H31O3P/c1-28-23-26-35(40-2)33(27-28)36(39)37(34(38)25-24-29-15-7-3-8-16-29)41(30-17-9-4-10-18-30,31-19-11-5-12-20-31)32-21-13-6-14-22-32/h3-27H,1-2H3/b25-24-. The molecule has 0 bridgehead atoms. The van der Waals surface area contributed by atoms with Crippen LogP contribution in [-0.4, -0.2) is 24.0 Å². The predicted octanol–water partition coefficient (Wildman–Crippen LogP) is 6.64. The first-order valence-corrected chi connectivity index (χ1v) is 15.2. The van der Waals surface area contributed by atoms with Gasteiger partial charge >= 0.3 is 0 Å². The first-order valence-electron chi connectivity index (χ1n) is 13.5. The molecule has 41 heavy (non-hydrogen) atoms. The van der Waals surface area contributed by atoms with E-state index in [0.29, 0.717) is 11.3 Å². The van der Waals surface area contributed by atoms with Gasteiger partial charge in [-0.2, -0.15) is 0 Å². The van der Waals surface area contributed by atoms with Crippen molar-refractivity contribution in [3.63, 3.8) is 0 Å². The zero-order valence-corrected chi connectivity index (χ0v) is 24.0. The summed E-state index contributed by atoms with van der Waals surface area (Å²) in [5.74, 6) is -0.226. The normalized spacial score (nSPS) is 11.3. The van der Waals surface area contributed by atoms with Crippen molar-refractivity contribution in [3.05, 3.63) is 162 Å². The van der Waals surface area contributed by atoms with Crippen LogP contribution in [0.2, 0.25) is 0 Å². The van der Waals surface area contributed by atoms with E-state index in [1.165, 1.54) is 6.08 Å². The lowest BCUT2D eigenvalue weighted by Crippen LogP contribution is -2.37. The van der Waals surface area contributed by atoms with Gasteiger partial charge in [-0.15, -0.1) is 0 Å². The number of allylic oxidation sites excluding steroid dienone is 1. The van der Waals surface area contributed by atoms with Crippen LogP contribution in [0.5, 0.6) is 5.75 Å². The molecule has 0 heterocycles. The Morgan fingerprint density at radius 2 is 1.10 bits per heavy atom. The van der Waals surface area contributed by atoms with Gasteiger partial charge in [0.05, 0.1) is 18.0 Å². The second-order valence-corrected chi connectivity index (χ2v) is 13.0. The smallest absolute Gasteiger partial charge is 0.201 e. The summed E-state index contributed by atoms with van der Waals surface area (Å²) in [4.78, 5) is 29.6. The topological polar surface area (TPSA) is 43.4 Å². The third kappa shape index (κ3) is 5.63. The average molecular weight is 555 g/mol. The van der Waals surface area contributed by atoms with Crippen molar-refractivity contribution in [1.29, 1.82) is 0 Å². The van der Waals surface area contributed by atoms with Gasteiger partial charge in [-0.1, -0.05) is 139 Å². The molecule has 0 aliphatic rings. The third-order valence-corrected chi connectivity index (χ3v) is 11.4. The molecule has 0 unspecified atom stereocenters. The fourth-order valence-electron chi connectivity index (χ4n) is 5.16. The Bertz CT molecular complexity index is 1640. The second kappa shape index (κ2) is 12.6. The van der Waals surface area contributed by atoms with E-state index >= 15 is 0 Å². The molecule has 0 spiro atoms. The summed E-state index contributed by atoms with van der Waals surface area (Å²) in [6.45, 7) is -1.07. The van der Waals surface area contributed by atoms with Crippen molar-refractivity contribution >= 4 is 45.7 Å². The van der Waals surface area contributed by atoms with E-state index in [-0.39, 0.29) is 16.9 Å². The number of Topliss-reactive ketones (excluding diaryl/α,β-unsaturated/α-hetero) is 1. The van der Waals surface area contributed by atoms with Crippen LogP contribution in [0.25, 0.3) is 6.08 Å². The highest BCUT2D eigenvalue weighted by atomic mass is 31.2. The lowest BCUT2D eigenvalue weighted by Gasteiger charge is -2.31. The minimum Gasteiger partial charge on any atom is -0.496 e. The van der Waals surface area contributed by atoms with E-state index in [1.807, 2.05) is 140 Å². The maximum absolute atomic E-state index is 15.0. The Kier molecular flexibility index (Phi) is 8.58. The van der Waals surface area contributed by atoms with Crippen molar-refractivity contribution in [3.8, 4) is 5.75 Å². The fraction of sp³-hybridized carbons (Fsp3) is 0.0541. The van der Waals surface area contributed by atoms with Crippen LogP contribution in [0.15, 0.2) is 146 Å². The van der Waals surface area contributed by atoms with E-state index in [4.69, 9.17) is 4.74 Å². The highest BCUT2D eigenvalue weighted by molar-refractivity contribution is 7.97. The zero-order valence-electron chi connectivity index (χ0n) is 23.1. The molecule has 0 aliphatic carbocycles. The summed E-state index contributed by atoms with van der Waals surface area (Å²) >= 11 is 0. The van der Waals surface area contributed by atoms with Gasteiger partial charge in [-0.3, -0.25) is 9.59 Å². The molecule has 5 aromatic rings. The van der Waals surface area contributed by atoms with Gasteiger partial charge in [-0.05, 0) is 53.5 Å². The van der Waals surface area contributed by atoms with Gasteiger partial charge in [0.15, 0.2) is 5.78 Å². The highest BCUT2D eigenvalue weighted by Gasteiger charge is 2.37. The summed E-state index contributed by atoms with van der Waals surface area (Å²) in [6.07, 6.45) is 3.31. The Hall–Kier alpha value is -4.72. The number of benzene rings is 5. The Labute approximate surface area is 241 Å². The van der Waals surface area contributed by atoms with Crippen LogP contribution in [0.4, 0.5) is 0 Å². The quantitative estimate of drug-likeness (QED) is 0.0889. The number of aryl methyl sites for hydroxylation is 1. The number of rotatable bonds is 9. The monoisotopic (exact) mass is 554 g/mol. The van der Waals surface area contributed by atoms with Crippen molar-refractivity contribution in [1.82, 2.24) is 0 Å². The predicted molar refractivity (Wildman–Crippen MR) is 173 cm³/mol. The molecule has 0 saturated carbocycles. The summed E-state index contributed by atoms with van der Waals surface area (Å²) in [5, 5.41) is 3.01. The maximum Gasteiger partial charge on any atom is 0.201 e. The molecule has 5 aromatic carbocycles. The first-order chi connectivity index (χ1) is 20.1. The number of carbonyl (C=O) groups is 2. The molecule has 0 aliphatic heterocycles. The number of hydrogen-bond acceptors (Lipinski definition) is 3. The molecule has 0 atom stereocenters. The lowest BCUT2D eigenvalue weighted by molar-refractivity contribution is -0.108.